The molecule has 2 heterocycles. The summed E-state index contributed by atoms with van der Waals surface area (Å²) in [4.78, 5) is 12.6. The molecule has 152 valence electrons. The Kier molecular flexibility index (Phi) is 10.5. The van der Waals surface area contributed by atoms with Crippen molar-refractivity contribution in [1.29, 1.82) is 0 Å². The second-order valence-corrected chi connectivity index (χ2v) is 7.75. The number of halogens is 1. The van der Waals surface area contributed by atoms with Gasteiger partial charge in [0.05, 0.1) is 0 Å². The van der Waals surface area contributed by atoms with Gasteiger partial charge in [0.15, 0.2) is 5.96 Å². The van der Waals surface area contributed by atoms with Gasteiger partial charge in [-0.15, -0.1) is 35.7 Å². The summed E-state index contributed by atoms with van der Waals surface area (Å²) in [6, 6.07) is 14.7. The summed E-state index contributed by atoms with van der Waals surface area (Å²) in [6.45, 7) is 3.85. The zero-order valence-electron chi connectivity index (χ0n) is 16.4. The van der Waals surface area contributed by atoms with E-state index in [9.17, 15) is 0 Å². The molecule has 2 aromatic rings. The predicted molar refractivity (Wildman–Crippen MR) is 131 cm³/mol. The first kappa shape index (κ1) is 22.8. The van der Waals surface area contributed by atoms with Gasteiger partial charge in [-0.3, -0.25) is 4.99 Å². The third-order valence-electron chi connectivity index (χ3n) is 4.58. The third kappa shape index (κ3) is 7.50. The van der Waals surface area contributed by atoms with Crippen LogP contribution < -0.4 is 15.5 Å². The average Bonchev–Trinajstić information content (AvgIpc) is 2.75. The summed E-state index contributed by atoms with van der Waals surface area (Å²) >= 11 is 1.85. The Hall–Kier alpha value is -1.48. The lowest BCUT2D eigenvalue weighted by atomic mass is 10.1. The molecule has 0 bridgehead atoms. The number of aromatic nitrogens is 1. The zero-order chi connectivity index (χ0) is 18.7. The largest absolute Gasteiger partial charge is 0.357 e. The number of thioether (sulfide) groups is 1. The van der Waals surface area contributed by atoms with Gasteiger partial charge in [-0.25, -0.2) is 4.98 Å². The molecule has 3 rings (SSSR count). The number of pyridine rings is 1. The van der Waals surface area contributed by atoms with Crippen LogP contribution in [-0.4, -0.2) is 43.4 Å². The maximum atomic E-state index is 4.55. The number of nitrogens with zero attached hydrogens (tertiary/aromatic N) is 3. The highest BCUT2D eigenvalue weighted by molar-refractivity contribution is 14.0. The lowest BCUT2D eigenvalue weighted by Crippen LogP contribution is -2.38. The molecule has 2 N–H and O–H groups in total. The van der Waals surface area contributed by atoms with Crippen molar-refractivity contribution < 1.29 is 0 Å². The van der Waals surface area contributed by atoms with Crippen LogP contribution in [0.5, 0.6) is 0 Å². The van der Waals surface area contributed by atoms with Gasteiger partial charge < -0.3 is 15.5 Å². The Bertz CT molecular complexity index is 720. The van der Waals surface area contributed by atoms with Crippen LogP contribution in [0.1, 0.15) is 24.8 Å². The zero-order valence-corrected chi connectivity index (χ0v) is 19.6. The Labute approximate surface area is 189 Å². The molecule has 0 aliphatic carbocycles. The van der Waals surface area contributed by atoms with Gasteiger partial charge in [0, 0.05) is 50.1 Å². The molecule has 7 heteroatoms. The van der Waals surface area contributed by atoms with Gasteiger partial charge in [-0.1, -0.05) is 18.2 Å². The van der Waals surface area contributed by atoms with Crippen molar-refractivity contribution in [3.05, 3.63) is 54.2 Å². The van der Waals surface area contributed by atoms with E-state index in [4.69, 9.17) is 0 Å². The van der Waals surface area contributed by atoms with Crippen LogP contribution in [0.25, 0.3) is 0 Å². The molecular formula is C21H30IN5S. The summed E-state index contributed by atoms with van der Waals surface area (Å²) in [5.74, 6) is 2.93. The molecule has 1 saturated heterocycles. The number of nitrogens with one attached hydrogen (secondary N) is 2. The molecule has 5 nitrogen and oxygen atoms in total. The van der Waals surface area contributed by atoms with E-state index >= 15 is 0 Å². The molecule has 1 fully saturated rings. The van der Waals surface area contributed by atoms with E-state index in [1.165, 1.54) is 29.7 Å². The number of rotatable bonds is 7. The highest BCUT2D eigenvalue weighted by Crippen LogP contribution is 2.18. The topological polar surface area (TPSA) is 52.6 Å². The number of hydrogen-bond donors (Lipinski definition) is 2. The van der Waals surface area contributed by atoms with Crippen molar-refractivity contribution in [1.82, 2.24) is 15.6 Å². The number of guanidine groups is 1. The molecule has 1 aromatic carbocycles. The molecule has 0 unspecified atom stereocenters. The molecule has 1 aromatic heterocycles. The Balaban J connectivity index is 0.00000280. The average molecular weight is 511 g/mol. The minimum atomic E-state index is 0. The Morgan fingerprint density at radius 1 is 1.11 bits per heavy atom. The van der Waals surface area contributed by atoms with E-state index in [1.54, 1.807) is 0 Å². The van der Waals surface area contributed by atoms with E-state index in [0.717, 1.165) is 43.7 Å². The lowest BCUT2D eigenvalue weighted by molar-refractivity contribution is 0.573. The van der Waals surface area contributed by atoms with Gasteiger partial charge in [-0.05, 0) is 49.1 Å². The minimum Gasteiger partial charge on any atom is -0.357 e. The monoisotopic (exact) mass is 511 g/mol. The fourth-order valence-electron chi connectivity index (χ4n) is 3.13. The summed E-state index contributed by atoms with van der Waals surface area (Å²) in [5.41, 5.74) is 1.23. The summed E-state index contributed by atoms with van der Waals surface area (Å²) in [7, 11) is 1.81. The van der Waals surface area contributed by atoms with Crippen LogP contribution in [0.4, 0.5) is 5.82 Å². The summed E-state index contributed by atoms with van der Waals surface area (Å²) in [6.07, 6.45) is 5.78. The van der Waals surface area contributed by atoms with Gasteiger partial charge in [0.25, 0.3) is 0 Å². The van der Waals surface area contributed by atoms with Gasteiger partial charge in [0.2, 0.25) is 0 Å². The van der Waals surface area contributed by atoms with Gasteiger partial charge in [-0.2, -0.15) is 0 Å². The van der Waals surface area contributed by atoms with E-state index in [2.05, 4.69) is 61.9 Å². The molecule has 1 aliphatic heterocycles. The van der Waals surface area contributed by atoms with E-state index in [-0.39, 0.29) is 24.0 Å². The molecule has 0 radical (unpaired) electrons. The van der Waals surface area contributed by atoms with Crippen molar-refractivity contribution in [3.8, 4) is 0 Å². The number of anilines is 1. The van der Waals surface area contributed by atoms with E-state index in [1.807, 2.05) is 31.1 Å². The third-order valence-corrected chi connectivity index (χ3v) is 5.59. The van der Waals surface area contributed by atoms with E-state index in [0.29, 0.717) is 0 Å². The highest BCUT2D eigenvalue weighted by atomic mass is 127. The van der Waals surface area contributed by atoms with Crippen LogP contribution >= 0.6 is 35.7 Å². The van der Waals surface area contributed by atoms with Crippen molar-refractivity contribution in [2.24, 2.45) is 4.99 Å². The fourth-order valence-corrected chi connectivity index (χ4v) is 3.92. The number of aliphatic imine (C=N–C) groups is 1. The standard InChI is InChI=1S/C21H29N5S.HI/c1-22-21(24-12-15-27-19-8-4-2-5-9-19)25-17-18-10-11-23-20(16-18)26-13-6-3-7-14-26;/h2,4-5,8-11,16H,3,6-7,12-15,17H2,1H3,(H2,22,24,25);1H. The summed E-state index contributed by atoms with van der Waals surface area (Å²) < 4.78 is 0. The second kappa shape index (κ2) is 12.9. The number of piperidine rings is 1. The normalized spacial score (nSPS) is 14.3. The molecule has 0 spiro atoms. The quantitative estimate of drug-likeness (QED) is 0.192. The first-order chi connectivity index (χ1) is 13.3. The van der Waals surface area contributed by atoms with Crippen LogP contribution in [-0.2, 0) is 6.54 Å². The lowest BCUT2D eigenvalue weighted by Gasteiger charge is -2.28. The Morgan fingerprint density at radius 3 is 2.64 bits per heavy atom. The number of benzene rings is 1. The molecule has 0 atom stereocenters. The highest BCUT2D eigenvalue weighted by Gasteiger charge is 2.12. The molecule has 0 saturated carbocycles. The van der Waals surface area contributed by atoms with Crippen molar-refractivity contribution in [2.45, 2.75) is 30.7 Å². The second-order valence-electron chi connectivity index (χ2n) is 6.58. The first-order valence-corrected chi connectivity index (χ1v) is 10.7. The van der Waals surface area contributed by atoms with Gasteiger partial charge >= 0.3 is 0 Å². The first-order valence-electron chi connectivity index (χ1n) is 9.67. The fraction of sp³-hybridized carbons (Fsp3) is 0.429. The Morgan fingerprint density at radius 2 is 1.89 bits per heavy atom. The minimum absolute atomic E-state index is 0. The van der Waals surface area contributed by atoms with Crippen molar-refractivity contribution in [3.63, 3.8) is 0 Å². The van der Waals surface area contributed by atoms with E-state index < -0.39 is 0 Å². The van der Waals surface area contributed by atoms with Crippen LogP contribution in [0.3, 0.4) is 0 Å². The molecule has 1 aliphatic rings. The predicted octanol–water partition coefficient (Wildman–Crippen LogP) is 4.15. The maximum Gasteiger partial charge on any atom is 0.191 e. The SMILES string of the molecule is CN=C(NCCSc1ccccc1)NCc1ccnc(N2CCCCC2)c1.I. The van der Waals surface area contributed by atoms with Crippen LogP contribution in [0, 0.1) is 0 Å². The molecule has 0 amide bonds. The van der Waals surface area contributed by atoms with Crippen LogP contribution in [0.2, 0.25) is 0 Å². The van der Waals surface area contributed by atoms with Crippen molar-refractivity contribution in [2.75, 3.05) is 37.3 Å². The molecule has 28 heavy (non-hydrogen) atoms. The van der Waals surface area contributed by atoms with Crippen LogP contribution in [0.15, 0.2) is 58.5 Å². The van der Waals surface area contributed by atoms with Crippen molar-refractivity contribution >= 4 is 47.5 Å². The maximum absolute atomic E-state index is 4.55. The smallest absolute Gasteiger partial charge is 0.191 e. The summed E-state index contributed by atoms with van der Waals surface area (Å²) in [5, 5.41) is 6.78. The molecular weight excluding hydrogens is 481 g/mol. The number of hydrogen-bond acceptors (Lipinski definition) is 4. The van der Waals surface area contributed by atoms with Gasteiger partial charge in [0.1, 0.15) is 5.82 Å².